The lowest BCUT2D eigenvalue weighted by Crippen LogP contribution is -2.46. The lowest BCUT2D eigenvalue weighted by Gasteiger charge is -2.27. The molecule has 0 unspecified atom stereocenters. The molecular formula is C17H24N2O3S. The number of anilines is 1. The molecule has 5 nitrogen and oxygen atoms in total. The van der Waals surface area contributed by atoms with Gasteiger partial charge in [0.2, 0.25) is 5.91 Å². The number of nitrogens with one attached hydrogen (secondary N) is 1. The third-order valence-electron chi connectivity index (χ3n) is 3.45. The summed E-state index contributed by atoms with van der Waals surface area (Å²) in [6.07, 6.45) is -0.441. The van der Waals surface area contributed by atoms with E-state index in [1.165, 1.54) is 4.90 Å². The lowest BCUT2D eigenvalue weighted by molar-refractivity contribution is -0.120. The van der Waals surface area contributed by atoms with Crippen LogP contribution >= 0.6 is 11.8 Å². The molecule has 126 valence electrons. The summed E-state index contributed by atoms with van der Waals surface area (Å²) >= 11 is 1.55. The van der Waals surface area contributed by atoms with E-state index in [0.29, 0.717) is 11.6 Å². The summed E-state index contributed by atoms with van der Waals surface area (Å²) in [6, 6.07) is 5.36. The minimum absolute atomic E-state index is 0.173. The van der Waals surface area contributed by atoms with Gasteiger partial charge in [-0.05, 0) is 46.2 Å². The van der Waals surface area contributed by atoms with Gasteiger partial charge in [-0.3, -0.25) is 9.69 Å². The van der Waals surface area contributed by atoms with E-state index in [0.717, 1.165) is 16.8 Å². The van der Waals surface area contributed by atoms with Crippen molar-refractivity contribution in [3.63, 3.8) is 0 Å². The Balaban J connectivity index is 2.07. The normalized spacial score (nSPS) is 18.0. The van der Waals surface area contributed by atoms with E-state index in [4.69, 9.17) is 4.74 Å². The minimum atomic E-state index is -0.571. The number of amides is 2. The van der Waals surface area contributed by atoms with E-state index < -0.39 is 17.7 Å². The maximum absolute atomic E-state index is 12.6. The van der Waals surface area contributed by atoms with Gasteiger partial charge in [0.1, 0.15) is 11.6 Å². The molecule has 1 aliphatic rings. The van der Waals surface area contributed by atoms with Crippen molar-refractivity contribution in [1.82, 2.24) is 4.90 Å². The highest BCUT2D eigenvalue weighted by Crippen LogP contribution is 2.25. The van der Waals surface area contributed by atoms with Gasteiger partial charge in [0.05, 0.1) is 5.88 Å². The second-order valence-corrected chi connectivity index (χ2v) is 7.77. The molecule has 1 N–H and O–H groups in total. The van der Waals surface area contributed by atoms with Crippen LogP contribution in [0.2, 0.25) is 0 Å². The fourth-order valence-corrected chi connectivity index (χ4v) is 3.47. The fraction of sp³-hybridized carbons (Fsp3) is 0.529. The van der Waals surface area contributed by atoms with Crippen LogP contribution in [0.4, 0.5) is 10.5 Å². The molecule has 1 aromatic carbocycles. The summed E-state index contributed by atoms with van der Waals surface area (Å²) in [5.74, 6) is 0.878. The smallest absolute Gasteiger partial charge is 0.411 e. The van der Waals surface area contributed by atoms with Crippen LogP contribution in [0.25, 0.3) is 0 Å². The van der Waals surface area contributed by atoms with E-state index in [1.54, 1.807) is 11.8 Å². The van der Waals surface area contributed by atoms with Gasteiger partial charge in [0, 0.05) is 11.4 Å². The number of carbonyl (C=O) groups is 2. The molecule has 0 bridgehead atoms. The molecule has 1 atom stereocenters. The molecule has 1 saturated heterocycles. The quantitative estimate of drug-likeness (QED) is 0.897. The maximum Gasteiger partial charge on any atom is 0.411 e. The molecule has 0 aliphatic carbocycles. The summed E-state index contributed by atoms with van der Waals surface area (Å²) in [6.45, 7) is 9.42. The van der Waals surface area contributed by atoms with Crippen molar-refractivity contribution in [3.8, 4) is 0 Å². The maximum atomic E-state index is 12.6. The van der Waals surface area contributed by atoms with Crippen LogP contribution in [-0.4, -0.2) is 40.2 Å². The second kappa shape index (κ2) is 6.83. The number of thioether (sulfide) groups is 1. The third kappa shape index (κ3) is 4.64. The first-order valence-corrected chi connectivity index (χ1v) is 8.78. The third-order valence-corrected chi connectivity index (χ3v) is 4.46. The number of aryl methyl sites for hydroxylation is 2. The highest BCUT2D eigenvalue weighted by Gasteiger charge is 2.37. The van der Waals surface area contributed by atoms with Crippen LogP contribution in [0.5, 0.6) is 0 Å². The molecule has 1 aliphatic heterocycles. The van der Waals surface area contributed by atoms with Crippen molar-refractivity contribution in [2.75, 3.05) is 16.9 Å². The summed E-state index contributed by atoms with van der Waals surface area (Å²) in [7, 11) is 0. The molecule has 23 heavy (non-hydrogen) atoms. The van der Waals surface area contributed by atoms with Gasteiger partial charge in [0.25, 0.3) is 0 Å². The average Bonchev–Trinajstić information content (AvgIpc) is 2.89. The fourth-order valence-electron chi connectivity index (χ4n) is 2.33. The van der Waals surface area contributed by atoms with E-state index in [-0.39, 0.29) is 5.91 Å². The highest BCUT2D eigenvalue weighted by atomic mass is 32.2. The molecule has 0 aromatic heterocycles. The van der Waals surface area contributed by atoms with Crippen LogP contribution in [0.3, 0.4) is 0 Å². The van der Waals surface area contributed by atoms with E-state index in [1.807, 2.05) is 52.8 Å². The van der Waals surface area contributed by atoms with Crippen molar-refractivity contribution in [1.29, 1.82) is 0 Å². The Morgan fingerprint density at radius 3 is 2.61 bits per heavy atom. The van der Waals surface area contributed by atoms with Gasteiger partial charge in [-0.15, -0.1) is 11.8 Å². The van der Waals surface area contributed by atoms with Crippen LogP contribution in [0, 0.1) is 13.8 Å². The Morgan fingerprint density at radius 1 is 1.30 bits per heavy atom. The van der Waals surface area contributed by atoms with Gasteiger partial charge in [-0.1, -0.05) is 17.7 Å². The largest absolute Gasteiger partial charge is 0.444 e. The topological polar surface area (TPSA) is 58.6 Å². The van der Waals surface area contributed by atoms with Crippen LogP contribution < -0.4 is 5.32 Å². The first-order valence-electron chi connectivity index (χ1n) is 7.63. The van der Waals surface area contributed by atoms with E-state index >= 15 is 0 Å². The van der Waals surface area contributed by atoms with E-state index in [9.17, 15) is 9.59 Å². The number of benzene rings is 1. The molecule has 1 heterocycles. The Bertz CT molecular complexity index is 610. The number of ether oxygens (including phenoxy) is 1. The molecule has 1 fully saturated rings. The summed E-state index contributed by atoms with van der Waals surface area (Å²) in [4.78, 5) is 26.3. The van der Waals surface area contributed by atoms with Gasteiger partial charge >= 0.3 is 6.09 Å². The summed E-state index contributed by atoms with van der Waals surface area (Å²) in [5.41, 5.74) is 2.36. The predicted octanol–water partition coefficient (Wildman–Crippen LogP) is 3.55. The van der Waals surface area contributed by atoms with Crippen molar-refractivity contribution < 1.29 is 14.3 Å². The van der Waals surface area contributed by atoms with Crippen molar-refractivity contribution >= 4 is 29.4 Å². The van der Waals surface area contributed by atoms with Crippen molar-refractivity contribution in [2.45, 2.75) is 46.3 Å². The first-order chi connectivity index (χ1) is 10.7. The zero-order valence-corrected chi connectivity index (χ0v) is 15.1. The number of hydrogen-bond donors (Lipinski definition) is 1. The van der Waals surface area contributed by atoms with Gasteiger partial charge < -0.3 is 10.1 Å². The molecule has 0 spiro atoms. The average molecular weight is 336 g/mol. The Kier molecular flexibility index (Phi) is 5.24. The Labute approximate surface area is 141 Å². The zero-order valence-electron chi connectivity index (χ0n) is 14.3. The second-order valence-electron chi connectivity index (χ2n) is 6.77. The molecule has 1 aromatic rings. The van der Waals surface area contributed by atoms with E-state index in [2.05, 4.69) is 5.32 Å². The molecule has 2 rings (SSSR count). The van der Waals surface area contributed by atoms with Crippen LogP contribution in [0.1, 0.15) is 31.9 Å². The van der Waals surface area contributed by atoms with Gasteiger partial charge in [-0.2, -0.15) is 0 Å². The minimum Gasteiger partial charge on any atom is -0.444 e. The monoisotopic (exact) mass is 336 g/mol. The van der Waals surface area contributed by atoms with Crippen molar-refractivity contribution in [3.05, 3.63) is 29.3 Å². The first kappa shape index (κ1) is 17.7. The number of nitrogens with zero attached hydrogens (tertiary/aromatic N) is 1. The molecule has 0 radical (unpaired) electrons. The predicted molar refractivity (Wildman–Crippen MR) is 93.7 cm³/mol. The molecule has 0 saturated carbocycles. The number of rotatable bonds is 2. The number of hydrogen-bond acceptors (Lipinski definition) is 4. The molecule has 6 heteroatoms. The van der Waals surface area contributed by atoms with Crippen molar-refractivity contribution in [2.24, 2.45) is 0 Å². The zero-order chi connectivity index (χ0) is 17.2. The summed E-state index contributed by atoms with van der Waals surface area (Å²) in [5, 5.41) is 2.93. The van der Waals surface area contributed by atoms with Crippen LogP contribution in [0.15, 0.2) is 18.2 Å². The molecular weight excluding hydrogens is 312 g/mol. The molecule has 2 amide bonds. The van der Waals surface area contributed by atoms with Gasteiger partial charge in [-0.25, -0.2) is 4.79 Å². The Morgan fingerprint density at radius 2 is 2.00 bits per heavy atom. The lowest BCUT2D eigenvalue weighted by atomic mass is 10.1. The van der Waals surface area contributed by atoms with Gasteiger partial charge in [0.15, 0.2) is 0 Å². The highest BCUT2D eigenvalue weighted by molar-refractivity contribution is 7.99. The standard InChI is InChI=1S/C17H24N2O3S/c1-11-6-7-13(12(2)8-11)18-15(20)14-9-23-10-19(14)16(21)22-17(3,4)5/h6-8,14H,9-10H2,1-5H3,(H,18,20)/t14-/m1/s1. The van der Waals surface area contributed by atoms with Crippen LogP contribution in [-0.2, 0) is 9.53 Å². The SMILES string of the molecule is Cc1ccc(NC(=O)[C@H]2CSCN2C(=O)OC(C)(C)C)c(C)c1. The Hall–Kier alpha value is -1.69. The summed E-state index contributed by atoms with van der Waals surface area (Å²) < 4.78 is 5.39. The number of carbonyl (C=O) groups excluding carboxylic acids is 2.